The second-order valence-electron chi connectivity index (χ2n) is 6.35. The topological polar surface area (TPSA) is 15.3 Å². The first kappa shape index (κ1) is 16.4. The molecule has 1 aliphatic rings. The molecular weight excluding hydrogens is 256 g/mol. The summed E-state index contributed by atoms with van der Waals surface area (Å²) in [6, 6.07) is 6.95. The van der Waals surface area contributed by atoms with E-state index in [4.69, 9.17) is 0 Å². The highest BCUT2D eigenvalue weighted by Crippen LogP contribution is 2.25. The lowest BCUT2D eigenvalue weighted by Crippen LogP contribution is -2.32. The summed E-state index contributed by atoms with van der Waals surface area (Å²) < 4.78 is 0. The van der Waals surface area contributed by atoms with Crippen molar-refractivity contribution in [3.05, 3.63) is 29.3 Å². The maximum atomic E-state index is 3.66. The maximum absolute atomic E-state index is 3.66. The molecule has 0 fully saturated rings. The zero-order valence-corrected chi connectivity index (χ0v) is 14.0. The number of fused-ring (bicyclic) bond motifs is 1. The fraction of sp³-hybridized carbons (Fsp3) is 0.684. The number of rotatable bonds is 10. The smallest absolute Gasteiger partial charge is 0.0493 e. The molecule has 0 saturated carbocycles. The quantitative estimate of drug-likeness (QED) is 0.471. The summed E-state index contributed by atoms with van der Waals surface area (Å²) in [5, 5.41) is 2.43. The molecule has 1 aromatic rings. The van der Waals surface area contributed by atoms with Gasteiger partial charge < -0.3 is 5.43 Å². The van der Waals surface area contributed by atoms with Gasteiger partial charge in [-0.2, -0.15) is 0 Å². The third kappa shape index (κ3) is 5.35. The number of anilines is 1. The van der Waals surface area contributed by atoms with E-state index < -0.39 is 0 Å². The second-order valence-corrected chi connectivity index (χ2v) is 6.35. The molecule has 118 valence electrons. The van der Waals surface area contributed by atoms with Crippen LogP contribution in [0.15, 0.2) is 18.2 Å². The normalized spacial score (nSPS) is 13.7. The van der Waals surface area contributed by atoms with Crippen molar-refractivity contribution in [3.63, 3.8) is 0 Å². The van der Waals surface area contributed by atoms with Gasteiger partial charge in [0.2, 0.25) is 0 Å². The Morgan fingerprint density at radius 3 is 2.24 bits per heavy atom. The summed E-state index contributed by atoms with van der Waals surface area (Å²) in [7, 11) is 0. The van der Waals surface area contributed by atoms with Crippen LogP contribution in [-0.4, -0.2) is 18.1 Å². The van der Waals surface area contributed by atoms with Crippen LogP contribution in [0.5, 0.6) is 0 Å². The third-order valence-corrected chi connectivity index (χ3v) is 4.45. The predicted octanol–water partition coefficient (Wildman–Crippen LogP) is 5.18. The van der Waals surface area contributed by atoms with E-state index >= 15 is 0 Å². The minimum atomic E-state index is 1.16. The molecule has 21 heavy (non-hydrogen) atoms. The third-order valence-electron chi connectivity index (χ3n) is 4.45. The number of hydrogen-bond donors (Lipinski definition) is 1. The number of nitrogens with one attached hydrogen (secondary N) is 1. The second kappa shape index (κ2) is 9.09. The molecule has 1 aromatic carbocycles. The van der Waals surface area contributed by atoms with Gasteiger partial charge in [-0.15, -0.1) is 0 Å². The largest absolute Gasteiger partial charge is 0.319 e. The molecule has 0 aromatic heterocycles. The summed E-state index contributed by atoms with van der Waals surface area (Å²) in [6.07, 6.45) is 11.7. The fourth-order valence-electron chi connectivity index (χ4n) is 3.15. The van der Waals surface area contributed by atoms with Crippen molar-refractivity contribution in [1.29, 1.82) is 0 Å². The first-order valence-electron chi connectivity index (χ1n) is 8.97. The number of hydrazine groups is 1. The van der Waals surface area contributed by atoms with Crippen molar-refractivity contribution in [2.24, 2.45) is 0 Å². The number of nitrogens with zero attached hydrogens (tertiary/aromatic N) is 1. The van der Waals surface area contributed by atoms with Crippen molar-refractivity contribution in [3.8, 4) is 0 Å². The Balaban J connectivity index is 1.89. The maximum Gasteiger partial charge on any atom is 0.0493 e. The molecule has 0 heterocycles. The first-order chi connectivity index (χ1) is 10.3. The molecule has 0 bridgehead atoms. The highest BCUT2D eigenvalue weighted by molar-refractivity contribution is 5.49. The predicted molar refractivity (Wildman–Crippen MR) is 92.7 cm³/mol. The lowest BCUT2D eigenvalue weighted by molar-refractivity contribution is 0.313. The number of hydrogen-bond acceptors (Lipinski definition) is 2. The Labute approximate surface area is 130 Å². The average molecular weight is 288 g/mol. The number of unbranched alkanes of at least 4 members (excludes halogenated alkanes) is 4. The molecule has 0 radical (unpaired) electrons. The molecule has 0 saturated heterocycles. The van der Waals surface area contributed by atoms with E-state index in [-0.39, 0.29) is 0 Å². The molecular formula is C19H32N2. The Morgan fingerprint density at radius 1 is 0.905 bits per heavy atom. The molecule has 0 amide bonds. The molecule has 0 atom stereocenters. The van der Waals surface area contributed by atoms with Crippen molar-refractivity contribution in [2.75, 3.05) is 18.5 Å². The van der Waals surface area contributed by atoms with E-state index in [0.29, 0.717) is 0 Å². The van der Waals surface area contributed by atoms with Crippen molar-refractivity contribution < 1.29 is 0 Å². The van der Waals surface area contributed by atoms with E-state index in [0.717, 1.165) is 13.1 Å². The summed E-state index contributed by atoms with van der Waals surface area (Å²) in [4.78, 5) is 0. The van der Waals surface area contributed by atoms with Crippen LogP contribution in [0.1, 0.15) is 69.9 Å². The van der Waals surface area contributed by atoms with E-state index in [2.05, 4.69) is 42.5 Å². The summed E-state index contributed by atoms with van der Waals surface area (Å²) in [5.74, 6) is 0. The van der Waals surface area contributed by atoms with Gasteiger partial charge in [-0.3, -0.25) is 0 Å². The van der Waals surface area contributed by atoms with E-state index in [9.17, 15) is 0 Å². The highest BCUT2D eigenvalue weighted by Gasteiger charge is 2.12. The molecule has 0 aliphatic heterocycles. The Kier molecular flexibility index (Phi) is 7.08. The first-order valence-corrected chi connectivity index (χ1v) is 8.97. The van der Waals surface area contributed by atoms with Crippen LogP contribution in [0.2, 0.25) is 0 Å². The zero-order valence-electron chi connectivity index (χ0n) is 14.0. The molecule has 2 nitrogen and oxygen atoms in total. The minimum absolute atomic E-state index is 1.16. The van der Waals surface area contributed by atoms with Gasteiger partial charge >= 0.3 is 0 Å². The lowest BCUT2D eigenvalue weighted by Gasteiger charge is -2.24. The minimum Gasteiger partial charge on any atom is -0.319 e. The molecule has 1 aliphatic carbocycles. The number of aryl methyl sites for hydroxylation is 2. The van der Waals surface area contributed by atoms with Crippen LogP contribution in [0.4, 0.5) is 5.69 Å². The molecule has 1 N–H and O–H groups in total. The fourth-order valence-corrected chi connectivity index (χ4v) is 3.15. The van der Waals surface area contributed by atoms with Gasteiger partial charge in [-0.1, -0.05) is 45.6 Å². The Bertz CT molecular complexity index is 404. The van der Waals surface area contributed by atoms with E-state index in [1.165, 1.54) is 63.5 Å². The van der Waals surface area contributed by atoms with Crippen LogP contribution in [0.25, 0.3) is 0 Å². The van der Waals surface area contributed by atoms with Gasteiger partial charge in [0.25, 0.3) is 0 Å². The highest BCUT2D eigenvalue weighted by atomic mass is 15.5. The van der Waals surface area contributed by atoms with E-state index in [1.807, 2.05) is 0 Å². The monoisotopic (exact) mass is 288 g/mol. The van der Waals surface area contributed by atoms with Crippen molar-refractivity contribution in [2.45, 2.75) is 71.6 Å². The number of benzene rings is 1. The molecule has 0 unspecified atom stereocenters. The summed E-state index contributed by atoms with van der Waals surface area (Å²) in [5.41, 5.74) is 8.06. The molecule has 0 spiro atoms. The van der Waals surface area contributed by atoms with Crippen molar-refractivity contribution in [1.82, 2.24) is 5.01 Å². The standard InChI is InChI=1S/C19H32N2/c1-3-5-7-14-21(15-8-6-4-2)20-19-13-12-17-10-9-11-18(17)16-19/h12-13,16,20H,3-11,14-15H2,1-2H3. The Hall–Kier alpha value is -1.02. The van der Waals surface area contributed by atoms with Gasteiger partial charge in [0.15, 0.2) is 0 Å². The van der Waals surface area contributed by atoms with Crippen LogP contribution >= 0.6 is 0 Å². The summed E-state index contributed by atoms with van der Waals surface area (Å²) >= 11 is 0. The SMILES string of the molecule is CCCCCN(CCCCC)Nc1ccc2c(c1)CCC2. The van der Waals surface area contributed by atoms with Crippen molar-refractivity contribution >= 4 is 5.69 Å². The van der Waals surface area contributed by atoms with Gasteiger partial charge in [0.1, 0.15) is 0 Å². The zero-order chi connectivity index (χ0) is 14.9. The van der Waals surface area contributed by atoms with Crippen LogP contribution in [0, 0.1) is 0 Å². The van der Waals surface area contributed by atoms with Gasteiger partial charge in [-0.05, 0) is 55.4 Å². The van der Waals surface area contributed by atoms with E-state index in [1.54, 1.807) is 11.1 Å². The van der Waals surface area contributed by atoms with Gasteiger partial charge in [0.05, 0.1) is 0 Å². The van der Waals surface area contributed by atoms with Gasteiger partial charge in [-0.25, -0.2) is 5.01 Å². The molecule has 2 heteroatoms. The Morgan fingerprint density at radius 2 is 1.57 bits per heavy atom. The lowest BCUT2D eigenvalue weighted by atomic mass is 10.1. The van der Waals surface area contributed by atoms with Crippen LogP contribution in [0.3, 0.4) is 0 Å². The molecule has 2 rings (SSSR count). The van der Waals surface area contributed by atoms with Crippen LogP contribution < -0.4 is 5.43 Å². The van der Waals surface area contributed by atoms with Gasteiger partial charge in [0, 0.05) is 18.8 Å². The summed E-state index contributed by atoms with van der Waals surface area (Å²) in [6.45, 7) is 6.87. The average Bonchev–Trinajstić information content (AvgIpc) is 2.95. The van der Waals surface area contributed by atoms with Crippen LogP contribution in [-0.2, 0) is 12.8 Å².